The smallest absolute Gasteiger partial charge is 0.390 e. The molecule has 1 fully saturated rings. The molecule has 3 heterocycles. The van der Waals surface area contributed by atoms with Gasteiger partial charge in [0.1, 0.15) is 29.7 Å². The molecule has 38 heavy (non-hydrogen) atoms. The number of fused-ring (bicyclic) bond motifs is 2. The van der Waals surface area contributed by atoms with E-state index in [4.69, 9.17) is 17.3 Å². The van der Waals surface area contributed by atoms with Gasteiger partial charge in [-0.05, 0) is 51.1 Å². The van der Waals surface area contributed by atoms with Crippen LogP contribution in [0, 0.1) is 5.92 Å². The highest BCUT2D eigenvalue weighted by molar-refractivity contribution is 6.32. The number of nitrogen functional groups attached to an aromatic ring is 1. The number of aryl methyl sites for hydroxylation is 1. The number of nitrogens with one attached hydrogen (secondary N) is 1. The van der Waals surface area contributed by atoms with Crippen molar-refractivity contribution in [2.24, 2.45) is 5.92 Å². The van der Waals surface area contributed by atoms with Crippen molar-refractivity contribution in [1.29, 1.82) is 0 Å². The minimum Gasteiger partial charge on any atom is -0.390 e. The summed E-state index contributed by atoms with van der Waals surface area (Å²) in [6.07, 6.45) is -0.351. The topological polar surface area (TPSA) is 129 Å². The quantitative estimate of drug-likeness (QED) is 0.245. The van der Waals surface area contributed by atoms with Crippen LogP contribution >= 0.6 is 11.6 Å². The lowest BCUT2D eigenvalue weighted by Gasteiger charge is -2.23. The van der Waals surface area contributed by atoms with E-state index in [1.807, 2.05) is 23.9 Å². The Morgan fingerprint density at radius 1 is 1.21 bits per heavy atom. The molecular weight excluding hydrogens is 523 g/mol. The highest BCUT2D eigenvalue weighted by atomic mass is 35.5. The first-order chi connectivity index (χ1) is 18.0. The maximum Gasteiger partial charge on any atom is 0.417 e. The average Bonchev–Trinajstić information content (AvgIpc) is 3.53. The van der Waals surface area contributed by atoms with Crippen molar-refractivity contribution in [2.45, 2.75) is 50.1 Å². The minimum atomic E-state index is -4.53. The molecule has 5 N–H and O–H groups in total. The molecule has 204 valence electrons. The number of aromatic nitrogens is 5. The molecule has 0 unspecified atom stereocenters. The van der Waals surface area contributed by atoms with Crippen molar-refractivity contribution in [1.82, 2.24) is 29.4 Å². The molecule has 0 spiro atoms. The lowest BCUT2D eigenvalue weighted by molar-refractivity contribution is -0.137. The molecule has 1 saturated carbocycles. The van der Waals surface area contributed by atoms with Gasteiger partial charge >= 0.3 is 6.18 Å². The Balaban J connectivity index is 1.14. The van der Waals surface area contributed by atoms with Crippen molar-refractivity contribution in [3.8, 4) is 0 Å². The standard InChI is InChI=1S/C25H29ClF3N7O2/c1-35(6-3-2-4-20-33-17-9-15(25(27,28)29)16(26)10-18(17)34-20)11-13-8-19(22(38)21(13)37)36-7-5-14-23(30)31-12-32-24(14)36/h5,7,9-10,12-13,19,21-22,37-38H,2-4,6,8,11H2,1H3,(H,33,34)(H2,30,31,32)/t13-,19-,21-,22+/m1/s1. The van der Waals surface area contributed by atoms with Crippen molar-refractivity contribution >= 4 is 39.5 Å². The number of hydrogen-bond donors (Lipinski definition) is 4. The number of rotatable bonds is 8. The third-order valence-corrected chi connectivity index (χ3v) is 7.66. The molecule has 1 aliphatic rings. The number of anilines is 1. The van der Waals surface area contributed by atoms with Gasteiger partial charge in [0, 0.05) is 25.1 Å². The minimum absolute atomic E-state index is 0.125. The second-order valence-electron chi connectivity index (χ2n) is 10.0. The second kappa shape index (κ2) is 10.3. The third-order valence-electron chi connectivity index (χ3n) is 7.34. The van der Waals surface area contributed by atoms with Crippen LogP contribution in [0.15, 0.2) is 30.7 Å². The van der Waals surface area contributed by atoms with E-state index in [-0.39, 0.29) is 17.0 Å². The van der Waals surface area contributed by atoms with Gasteiger partial charge in [0.05, 0.1) is 39.2 Å². The van der Waals surface area contributed by atoms with Crippen molar-refractivity contribution in [3.05, 3.63) is 47.1 Å². The van der Waals surface area contributed by atoms with E-state index in [2.05, 4.69) is 24.8 Å². The summed E-state index contributed by atoms with van der Waals surface area (Å²) in [6.45, 7) is 1.36. The molecule has 0 radical (unpaired) electrons. The maximum atomic E-state index is 13.1. The Morgan fingerprint density at radius 2 is 2.00 bits per heavy atom. The number of H-pyrrole nitrogens is 1. The summed E-state index contributed by atoms with van der Waals surface area (Å²) in [7, 11) is 1.97. The van der Waals surface area contributed by atoms with Gasteiger partial charge in [-0.1, -0.05) is 11.6 Å². The zero-order valence-corrected chi connectivity index (χ0v) is 21.4. The molecular formula is C25H29ClF3N7O2. The Labute approximate surface area is 221 Å². The van der Waals surface area contributed by atoms with Gasteiger partial charge in [-0.3, -0.25) is 0 Å². The van der Waals surface area contributed by atoms with E-state index in [1.54, 1.807) is 0 Å². The van der Waals surface area contributed by atoms with Gasteiger partial charge in [-0.25, -0.2) is 15.0 Å². The molecule has 3 aromatic heterocycles. The van der Waals surface area contributed by atoms with Gasteiger partial charge < -0.3 is 30.4 Å². The van der Waals surface area contributed by atoms with Crippen molar-refractivity contribution in [3.63, 3.8) is 0 Å². The number of aromatic amines is 1. The number of nitrogens with zero attached hydrogens (tertiary/aromatic N) is 5. The zero-order valence-electron chi connectivity index (χ0n) is 20.7. The number of imidazole rings is 1. The van der Waals surface area contributed by atoms with E-state index in [9.17, 15) is 23.4 Å². The highest BCUT2D eigenvalue weighted by Gasteiger charge is 2.43. The molecule has 4 aromatic rings. The maximum absolute atomic E-state index is 13.1. The number of halogens is 4. The van der Waals surface area contributed by atoms with E-state index in [0.29, 0.717) is 53.1 Å². The predicted octanol–water partition coefficient (Wildman–Crippen LogP) is 3.80. The molecule has 1 aromatic carbocycles. The number of nitrogens with two attached hydrogens (primary N) is 1. The van der Waals surface area contributed by atoms with Crippen LogP contribution in [0.2, 0.25) is 5.02 Å². The molecule has 13 heteroatoms. The number of alkyl halides is 3. The van der Waals surface area contributed by atoms with Crippen molar-refractivity contribution in [2.75, 3.05) is 25.9 Å². The van der Waals surface area contributed by atoms with E-state index in [1.165, 1.54) is 12.4 Å². The molecule has 9 nitrogen and oxygen atoms in total. The Morgan fingerprint density at radius 3 is 2.76 bits per heavy atom. The Hall–Kier alpha value is -2.93. The largest absolute Gasteiger partial charge is 0.417 e. The molecule has 4 atom stereocenters. The van der Waals surface area contributed by atoms with E-state index >= 15 is 0 Å². The monoisotopic (exact) mass is 551 g/mol. The fourth-order valence-corrected chi connectivity index (χ4v) is 5.66. The van der Waals surface area contributed by atoms with Crippen LogP contribution < -0.4 is 5.73 Å². The number of benzene rings is 1. The van der Waals surface area contributed by atoms with Crippen LogP contribution in [-0.4, -0.2) is 72.0 Å². The number of aliphatic hydroxyl groups is 2. The van der Waals surface area contributed by atoms with E-state index in [0.717, 1.165) is 25.5 Å². The first-order valence-electron chi connectivity index (χ1n) is 12.4. The Kier molecular flexibility index (Phi) is 7.25. The molecule has 5 rings (SSSR count). The lowest BCUT2D eigenvalue weighted by atomic mass is 10.0. The first-order valence-corrected chi connectivity index (χ1v) is 12.8. The molecule has 0 aliphatic heterocycles. The first kappa shape index (κ1) is 26.7. The SMILES string of the molecule is CN(CCCCc1nc2cc(Cl)c(C(F)(F)F)cc2[nH]1)C[C@H]1C[C@@H](n2ccc3c(N)ncnc32)[C@H](O)[C@@H]1O. The summed E-state index contributed by atoms with van der Waals surface area (Å²) in [5.74, 6) is 0.855. The molecule has 0 bridgehead atoms. The highest BCUT2D eigenvalue weighted by Crippen LogP contribution is 2.38. The van der Waals surface area contributed by atoms with Gasteiger partial charge in [-0.15, -0.1) is 0 Å². The summed E-state index contributed by atoms with van der Waals surface area (Å²) < 4.78 is 41.2. The number of hydrogen-bond acceptors (Lipinski definition) is 7. The van der Waals surface area contributed by atoms with Crippen LogP contribution in [0.5, 0.6) is 0 Å². The van der Waals surface area contributed by atoms with Gasteiger partial charge in [0.15, 0.2) is 0 Å². The van der Waals surface area contributed by atoms with Gasteiger partial charge in [-0.2, -0.15) is 13.2 Å². The van der Waals surface area contributed by atoms with Gasteiger partial charge in [0.25, 0.3) is 0 Å². The predicted molar refractivity (Wildman–Crippen MR) is 138 cm³/mol. The van der Waals surface area contributed by atoms with Crippen LogP contribution in [0.1, 0.15) is 36.7 Å². The normalized spacial score (nSPS) is 22.3. The third kappa shape index (κ3) is 5.18. The Bertz CT molecular complexity index is 1440. The van der Waals surface area contributed by atoms with Crippen LogP contribution in [-0.2, 0) is 12.6 Å². The lowest BCUT2D eigenvalue weighted by Crippen LogP contribution is -2.35. The van der Waals surface area contributed by atoms with Crippen LogP contribution in [0.3, 0.4) is 0 Å². The summed E-state index contributed by atoms with van der Waals surface area (Å²) in [4.78, 5) is 17.8. The molecule has 0 saturated heterocycles. The van der Waals surface area contributed by atoms with E-state index < -0.39 is 23.9 Å². The van der Waals surface area contributed by atoms with Crippen LogP contribution in [0.4, 0.5) is 19.0 Å². The molecule has 0 amide bonds. The second-order valence-corrected chi connectivity index (χ2v) is 10.4. The summed E-state index contributed by atoms with van der Waals surface area (Å²) >= 11 is 5.79. The summed E-state index contributed by atoms with van der Waals surface area (Å²) in [6, 6.07) is 3.72. The molecule has 1 aliphatic carbocycles. The average molecular weight is 552 g/mol. The van der Waals surface area contributed by atoms with Crippen molar-refractivity contribution < 1.29 is 23.4 Å². The van der Waals surface area contributed by atoms with Crippen LogP contribution in [0.25, 0.3) is 22.1 Å². The fraction of sp³-hybridized carbons (Fsp3) is 0.480. The zero-order chi connectivity index (χ0) is 27.2. The summed E-state index contributed by atoms with van der Waals surface area (Å²) in [5.41, 5.74) is 6.39. The number of unbranched alkanes of at least 4 members (excludes halogenated alkanes) is 1. The fourth-order valence-electron chi connectivity index (χ4n) is 5.40. The van der Waals surface area contributed by atoms with Gasteiger partial charge in [0.2, 0.25) is 0 Å². The summed E-state index contributed by atoms with van der Waals surface area (Å²) in [5, 5.41) is 21.9. The number of aliphatic hydroxyl groups excluding tert-OH is 2.